The van der Waals surface area contributed by atoms with E-state index in [1.165, 1.54) is 5.56 Å². The maximum Gasteiger partial charge on any atom is 0.0869 e. The monoisotopic (exact) mass is 236 g/mol. The molecule has 0 heterocycles. The fourth-order valence-electron chi connectivity index (χ4n) is 2.04. The minimum absolute atomic E-state index is 0.127. The van der Waals surface area contributed by atoms with Crippen molar-refractivity contribution in [1.82, 2.24) is 0 Å². The summed E-state index contributed by atoms with van der Waals surface area (Å²) in [6, 6.07) is 8.16. The molecule has 17 heavy (non-hydrogen) atoms. The Hall–Kier alpha value is -0.860. The van der Waals surface area contributed by atoms with Gasteiger partial charge in [-0.25, -0.2) is 0 Å². The van der Waals surface area contributed by atoms with Crippen molar-refractivity contribution in [2.75, 3.05) is 6.61 Å². The number of hydrogen-bond donors (Lipinski definition) is 2. The van der Waals surface area contributed by atoms with Crippen LogP contribution in [0.5, 0.6) is 0 Å². The van der Waals surface area contributed by atoms with Gasteiger partial charge in [-0.1, -0.05) is 38.1 Å². The first-order valence-corrected chi connectivity index (χ1v) is 6.38. The van der Waals surface area contributed by atoms with Gasteiger partial charge in [0, 0.05) is 6.61 Å². The molecule has 0 radical (unpaired) electrons. The Morgan fingerprint density at radius 3 is 2.24 bits per heavy atom. The van der Waals surface area contributed by atoms with Crippen molar-refractivity contribution in [1.29, 1.82) is 0 Å². The van der Waals surface area contributed by atoms with E-state index in [9.17, 15) is 5.11 Å². The molecule has 1 aromatic carbocycles. The van der Waals surface area contributed by atoms with Crippen LogP contribution in [-0.2, 0) is 12.0 Å². The van der Waals surface area contributed by atoms with Crippen molar-refractivity contribution in [2.45, 2.75) is 45.6 Å². The van der Waals surface area contributed by atoms with E-state index >= 15 is 0 Å². The number of aliphatic hydroxyl groups excluding tert-OH is 1. The van der Waals surface area contributed by atoms with Gasteiger partial charge in [-0.2, -0.15) is 0 Å². The first-order valence-electron chi connectivity index (χ1n) is 6.38. The van der Waals surface area contributed by atoms with Crippen LogP contribution >= 0.6 is 0 Å². The van der Waals surface area contributed by atoms with Crippen LogP contribution in [0.2, 0.25) is 0 Å². The summed E-state index contributed by atoms with van der Waals surface area (Å²) >= 11 is 0. The second-order valence-electron chi connectivity index (χ2n) is 5.40. The number of aliphatic hydroxyl groups is 2. The maximum absolute atomic E-state index is 10.3. The van der Waals surface area contributed by atoms with E-state index < -0.39 is 5.60 Å². The lowest BCUT2D eigenvalue weighted by atomic mass is 9.90. The predicted octanol–water partition coefficient (Wildman–Crippen LogP) is 2.87. The highest BCUT2D eigenvalue weighted by atomic mass is 16.3. The van der Waals surface area contributed by atoms with Crippen molar-refractivity contribution in [3.8, 4) is 0 Å². The molecule has 0 fully saturated rings. The van der Waals surface area contributed by atoms with E-state index in [0.717, 1.165) is 12.0 Å². The number of benzene rings is 1. The minimum Gasteiger partial charge on any atom is -0.396 e. The normalized spacial score (nSPS) is 14.9. The molecule has 0 saturated heterocycles. The molecule has 1 aromatic rings. The van der Waals surface area contributed by atoms with Crippen LogP contribution in [0.3, 0.4) is 0 Å². The molecule has 0 spiro atoms. The zero-order chi connectivity index (χ0) is 12.9. The second kappa shape index (κ2) is 6.18. The first kappa shape index (κ1) is 14.2. The topological polar surface area (TPSA) is 40.5 Å². The summed E-state index contributed by atoms with van der Waals surface area (Å²) in [5.41, 5.74) is 1.40. The molecule has 2 heteroatoms. The Bertz CT molecular complexity index is 325. The summed E-state index contributed by atoms with van der Waals surface area (Å²) in [6.45, 7) is 6.33. The molecule has 0 aliphatic rings. The van der Waals surface area contributed by atoms with E-state index in [-0.39, 0.29) is 6.61 Å². The molecule has 0 aromatic heterocycles. The molecule has 0 aliphatic heterocycles. The molecule has 0 aliphatic carbocycles. The van der Waals surface area contributed by atoms with Gasteiger partial charge >= 0.3 is 0 Å². The molecular weight excluding hydrogens is 212 g/mol. The Balaban J connectivity index is 2.72. The second-order valence-corrected chi connectivity index (χ2v) is 5.40. The highest BCUT2D eigenvalue weighted by Gasteiger charge is 2.21. The van der Waals surface area contributed by atoms with Gasteiger partial charge < -0.3 is 10.2 Å². The fourth-order valence-corrected chi connectivity index (χ4v) is 2.04. The van der Waals surface area contributed by atoms with Crippen LogP contribution < -0.4 is 0 Å². The molecule has 0 bridgehead atoms. The zero-order valence-electron chi connectivity index (χ0n) is 11.1. The molecule has 1 unspecified atom stereocenters. The van der Waals surface area contributed by atoms with Crippen LogP contribution in [0.25, 0.3) is 0 Å². The summed E-state index contributed by atoms with van der Waals surface area (Å²) in [7, 11) is 0. The Morgan fingerprint density at radius 2 is 1.76 bits per heavy atom. The van der Waals surface area contributed by atoms with E-state index in [4.69, 9.17) is 5.11 Å². The molecule has 0 amide bonds. The van der Waals surface area contributed by atoms with E-state index in [1.54, 1.807) is 6.92 Å². The summed E-state index contributed by atoms with van der Waals surface area (Å²) < 4.78 is 0. The van der Waals surface area contributed by atoms with Crippen LogP contribution in [0.1, 0.15) is 44.7 Å². The van der Waals surface area contributed by atoms with E-state index in [2.05, 4.69) is 26.0 Å². The standard InChI is InChI=1S/C15H24O2/c1-12(2)11-13-5-7-14(8-6-13)15(3,17)9-4-10-16/h5-8,12,16-17H,4,9-11H2,1-3H3. The summed E-state index contributed by atoms with van der Waals surface area (Å²) in [4.78, 5) is 0. The Morgan fingerprint density at radius 1 is 1.18 bits per heavy atom. The lowest BCUT2D eigenvalue weighted by Gasteiger charge is -2.23. The van der Waals surface area contributed by atoms with Gasteiger partial charge in [0.15, 0.2) is 0 Å². The van der Waals surface area contributed by atoms with Gasteiger partial charge in [-0.05, 0) is 43.2 Å². The molecular formula is C15H24O2. The first-order chi connectivity index (χ1) is 7.95. The van der Waals surface area contributed by atoms with E-state index in [0.29, 0.717) is 18.8 Å². The van der Waals surface area contributed by atoms with Gasteiger partial charge in [0.25, 0.3) is 0 Å². The average Bonchev–Trinajstić information content (AvgIpc) is 2.26. The van der Waals surface area contributed by atoms with Crippen molar-refractivity contribution < 1.29 is 10.2 Å². The summed E-state index contributed by atoms with van der Waals surface area (Å²) in [6.07, 6.45) is 2.28. The lowest BCUT2D eigenvalue weighted by Crippen LogP contribution is -2.21. The van der Waals surface area contributed by atoms with Crippen molar-refractivity contribution >= 4 is 0 Å². The van der Waals surface area contributed by atoms with Crippen LogP contribution in [-0.4, -0.2) is 16.8 Å². The zero-order valence-corrected chi connectivity index (χ0v) is 11.1. The van der Waals surface area contributed by atoms with Gasteiger partial charge in [0.1, 0.15) is 0 Å². The fraction of sp³-hybridized carbons (Fsp3) is 0.600. The smallest absolute Gasteiger partial charge is 0.0869 e. The Kier molecular flexibility index (Phi) is 5.16. The molecule has 1 rings (SSSR count). The van der Waals surface area contributed by atoms with Gasteiger partial charge in [0.05, 0.1) is 5.60 Å². The molecule has 96 valence electrons. The molecule has 1 atom stereocenters. The Labute approximate surface area is 104 Å². The average molecular weight is 236 g/mol. The number of hydrogen-bond acceptors (Lipinski definition) is 2. The van der Waals surface area contributed by atoms with Gasteiger partial charge in [-0.15, -0.1) is 0 Å². The lowest BCUT2D eigenvalue weighted by molar-refractivity contribution is 0.0403. The summed E-state index contributed by atoms with van der Waals surface area (Å²) in [5.74, 6) is 0.649. The van der Waals surface area contributed by atoms with Crippen LogP contribution in [0, 0.1) is 5.92 Å². The van der Waals surface area contributed by atoms with E-state index in [1.807, 2.05) is 12.1 Å². The quantitative estimate of drug-likeness (QED) is 0.797. The molecule has 0 saturated carbocycles. The highest BCUT2D eigenvalue weighted by Crippen LogP contribution is 2.26. The van der Waals surface area contributed by atoms with Crippen molar-refractivity contribution in [3.63, 3.8) is 0 Å². The van der Waals surface area contributed by atoms with Crippen molar-refractivity contribution in [2.24, 2.45) is 5.92 Å². The summed E-state index contributed by atoms with van der Waals surface area (Å²) in [5, 5.41) is 19.1. The minimum atomic E-state index is -0.834. The number of rotatable bonds is 6. The SMILES string of the molecule is CC(C)Cc1ccc(C(C)(O)CCCO)cc1. The third kappa shape index (κ3) is 4.49. The maximum atomic E-state index is 10.3. The third-order valence-electron chi connectivity index (χ3n) is 3.04. The largest absolute Gasteiger partial charge is 0.396 e. The van der Waals surface area contributed by atoms with Crippen molar-refractivity contribution in [3.05, 3.63) is 35.4 Å². The van der Waals surface area contributed by atoms with Crippen LogP contribution in [0.4, 0.5) is 0 Å². The molecule has 2 nitrogen and oxygen atoms in total. The molecule has 2 N–H and O–H groups in total. The predicted molar refractivity (Wildman–Crippen MR) is 70.9 cm³/mol. The highest BCUT2D eigenvalue weighted by molar-refractivity contribution is 5.27. The third-order valence-corrected chi connectivity index (χ3v) is 3.04. The van der Waals surface area contributed by atoms with Gasteiger partial charge in [0.2, 0.25) is 0 Å². The van der Waals surface area contributed by atoms with Crippen LogP contribution in [0.15, 0.2) is 24.3 Å². The van der Waals surface area contributed by atoms with Gasteiger partial charge in [-0.3, -0.25) is 0 Å².